The Hall–Kier alpha value is -2.45. The number of nitrogens with one attached hydrogen (secondary N) is 1. The standard InChI is InChI=1S/C9H6F3N5O/c10-5-1-2-6(9(12)8(5)11)14-7(18)3-17-4-13-15-16-17/h1-2,4H,3H2,(H,14,18). The molecule has 2 aromatic rings. The third-order valence-electron chi connectivity index (χ3n) is 2.01. The maximum Gasteiger partial charge on any atom is 0.246 e. The van der Waals surface area contributed by atoms with Gasteiger partial charge in [0.15, 0.2) is 17.5 Å². The molecule has 0 unspecified atom stereocenters. The number of hydrogen-bond acceptors (Lipinski definition) is 4. The van der Waals surface area contributed by atoms with E-state index >= 15 is 0 Å². The van der Waals surface area contributed by atoms with Crippen molar-refractivity contribution in [2.75, 3.05) is 5.32 Å². The SMILES string of the molecule is O=C(Cn1cnnn1)Nc1ccc(F)c(F)c1F. The zero-order chi connectivity index (χ0) is 13.1. The van der Waals surface area contributed by atoms with Gasteiger partial charge in [0.05, 0.1) is 5.69 Å². The van der Waals surface area contributed by atoms with Crippen LogP contribution < -0.4 is 5.32 Å². The third kappa shape index (κ3) is 2.44. The number of amides is 1. The normalized spacial score (nSPS) is 10.4. The molecule has 1 aromatic carbocycles. The van der Waals surface area contributed by atoms with E-state index in [1.54, 1.807) is 0 Å². The van der Waals surface area contributed by atoms with Crippen LogP contribution in [0.5, 0.6) is 0 Å². The van der Waals surface area contributed by atoms with E-state index in [0.717, 1.165) is 10.7 Å². The molecule has 0 aliphatic heterocycles. The van der Waals surface area contributed by atoms with Crippen molar-refractivity contribution < 1.29 is 18.0 Å². The molecule has 0 spiro atoms. The molecule has 6 nitrogen and oxygen atoms in total. The molecule has 9 heteroatoms. The van der Waals surface area contributed by atoms with Gasteiger partial charge in [0.2, 0.25) is 5.91 Å². The Labute approximate surface area is 98.4 Å². The molecule has 94 valence electrons. The van der Waals surface area contributed by atoms with Gasteiger partial charge in [-0.2, -0.15) is 0 Å². The molecule has 1 N–H and O–H groups in total. The first-order valence-corrected chi connectivity index (χ1v) is 4.72. The predicted octanol–water partition coefficient (Wildman–Crippen LogP) is 0.729. The van der Waals surface area contributed by atoms with E-state index in [1.807, 2.05) is 0 Å². The molecule has 2 rings (SSSR count). The van der Waals surface area contributed by atoms with Crippen LogP contribution in [0.15, 0.2) is 18.5 Å². The van der Waals surface area contributed by atoms with E-state index in [1.165, 1.54) is 6.33 Å². The summed E-state index contributed by atoms with van der Waals surface area (Å²) in [5, 5.41) is 12.1. The summed E-state index contributed by atoms with van der Waals surface area (Å²) in [4.78, 5) is 11.4. The summed E-state index contributed by atoms with van der Waals surface area (Å²) in [5.41, 5.74) is -0.452. The number of halogens is 3. The van der Waals surface area contributed by atoms with E-state index in [-0.39, 0.29) is 6.54 Å². The fourth-order valence-electron chi connectivity index (χ4n) is 1.21. The quantitative estimate of drug-likeness (QED) is 0.823. The van der Waals surface area contributed by atoms with Crippen molar-refractivity contribution in [2.24, 2.45) is 0 Å². The number of tetrazole rings is 1. The first-order valence-electron chi connectivity index (χ1n) is 4.72. The van der Waals surface area contributed by atoms with Crippen LogP contribution in [0.4, 0.5) is 18.9 Å². The highest BCUT2D eigenvalue weighted by molar-refractivity contribution is 5.90. The Morgan fingerprint density at radius 3 is 2.72 bits per heavy atom. The molecule has 0 bridgehead atoms. The minimum absolute atomic E-state index is 0.272. The van der Waals surface area contributed by atoms with Gasteiger partial charge in [-0.3, -0.25) is 4.79 Å². The van der Waals surface area contributed by atoms with Crippen LogP contribution in [0.25, 0.3) is 0 Å². The van der Waals surface area contributed by atoms with Gasteiger partial charge in [0.25, 0.3) is 0 Å². The molecule has 18 heavy (non-hydrogen) atoms. The molecule has 0 saturated heterocycles. The van der Waals surface area contributed by atoms with E-state index in [4.69, 9.17) is 0 Å². The van der Waals surface area contributed by atoms with E-state index in [9.17, 15) is 18.0 Å². The van der Waals surface area contributed by atoms with Gasteiger partial charge < -0.3 is 5.32 Å². The highest BCUT2D eigenvalue weighted by Crippen LogP contribution is 2.19. The predicted molar refractivity (Wildman–Crippen MR) is 52.8 cm³/mol. The van der Waals surface area contributed by atoms with Crippen LogP contribution in [0.3, 0.4) is 0 Å². The second-order valence-corrected chi connectivity index (χ2v) is 3.28. The fraction of sp³-hybridized carbons (Fsp3) is 0.111. The third-order valence-corrected chi connectivity index (χ3v) is 2.01. The van der Waals surface area contributed by atoms with Gasteiger partial charge >= 0.3 is 0 Å². The van der Waals surface area contributed by atoms with Gasteiger partial charge in [-0.25, -0.2) is 17.9 Å². The van der Waals surface area contributed by atoms with Crippen LogP contribution in [-0.2, 0) is 11.3 Å². The zero-order valence-electron chi connectivity index (χ0n) is 8.77. The molecule has 1 amide bonds. The van der Waals surface area contributed by atoms with Crippen LogP contribution >= 0.6 is 0 Å². The Kier molecular flexibility index (Phi) is 3.22. The zero-order valence-corrected chi connectivity index (χ0v) is 8.77. The van der Waals surface area contributed by atoms with Crippen molar-refractivity contribution in [3.63, 3.8) is 0 Å². The number of carbonyl (C=O) groups excluding carboxylic acids is 1. The Bertz CT molecular complexity index is 572. The molecule has 0 atom stereocenters. The van der Waals surface area contributed by atoms with Gasteiger partial charge in [0.1, 0.15) is 12.9 Å². The molecular formula is C9H6F3N5O. The molecular weight excluding hydrogens is 251 g/mol. The van der Waals surface area contributed by atoms with Crippen LogP contribution in [0, 0.1) is 17.5 Å². The maximum absolute atomic E-state index is 13.2. The number of carbonyl (C=O) groups is 1. The Morgan fingerprint density at radius 2 is 2.06 bits per heavy atom. The van der Waals surface area contributed by atoms with E-state index in [0.29, 0.717) is 6.07 Å². The van der Waals surface area contributed by atoms with Gasteiger partial charge in [-0.1, -0.05) is 0 Å². The van der Waals surface area contributed by atoms with Crippen molar-refractivity contribution in [3.05, 3.63) is 35.9 Å². The van der Waals surface area contributed by atoms with Crippen molar-refractivity contribution in [3.8, 4) is 0 Å². The molecule has 1 heterocycles. The average Bonchev–Trinajstić information content (AvgIpc) is 2.83. The number of hydrogen-bond donors (Lipinski definition) is 1. The lowest BCUT2D eigenvalue weighted by molar-refractivity contribution is -0.117. The van der Waals surface area contributed by atoms with Crippen LogP contribution in [0.1, 0.15) is 0 Å². The van der Waals surface area contributed by atoms with Crippen molar-refractivity contribution in [1.82, 2.24) is 20.2 Å². The highest BCUT2D eigenvalue weighted by atomic mass is 19.2. The number of anilines is 1. The summed E-state index contributed by atoms with van der Waals surface area (Å²) in [6, 6.07) is 1.64. The summed E-state index contributed by atoms with van der Waals surface area (Å²) in [6.07, 6.45) is 1.18. The van der Waals surface area contributed by atoms with Crippen LogP contribution in [0.2, 0.25) is 0 Å². The van der Waals surface area contributed by atoms with Gasteiger partial charge in [-0.05, 0) is 22.6 Å². The number of nitrogens with zero attached hydrogens (tertiary/aromatic N) is 4. The smallest absolute Gasteiger partial charge is 0.246 e. The number of rotatable bonds is 3. The topological polar surface area (TPSA) is 72.7 Å². The summed E-state index contributed by atoms with van der Waals surface area (Å²) < 4.78 is 39.8. The molecule has 0 aliphatic rings. The first-order chi connectivity index (χ1) is 8.58. The lowest BCUT2D eigenvalue weighted by Gasteiger charge is -2.06. The largest absolute Gasteiger partial charge is 0.322 e. The molecule has 0 fully saturated rings. The number of aromatic nitrogens is 4. The second-order valence-electron chi connectivity index (χ2n) is 3.28. The molecule has 0 radical (unpaired) electrons. The first kappa shape index (κ1) is 12.0. The monoisotopic (exact) mass is 257 g/mol. The molecule has 1 aromatic heterocycles. The van der Waals surface area contributed by atoms with Crippen LogP contribution in [-0.4, -0.2) is 26.1 Å². The van der Waals surface area contributed by atoms with E-state index < -0.39 is 29.0 Å². The molecule has 0 aliphatic carbocycles. The lowest BCUT2D eigenvalue weighted by atomic mass is 10.3. The summed E-state index contributed by atoms with van der Waals surface area (Å²) in [6.45, 7) is -0.272. The summed E-state index contributed by atoms with van der Waals surface area (Å²) in [7, 11) is 0. The lowest BCUT2D eigenvalue weighted by Crippen LogP contribution is -2.20. The van der Waals surface area contributed by atoms with E-state index in [2.05, 4.69) is 20.8 Å². The minimum atomic E-state index is -1.64. The van der Waals surface area contributed by atoms with Crippen molar-refractivity contribution in [2.45, 2.75) is 6.54 Å². The Balaban J connectivity index is 2.10. The van der Waals surface area contributed by atoms with Gasteiger partial charge in [0, 0.05) is 0 Å². The highest BCUT2D eigenvalue weighted by Gasteiger charge is 2.15. The summed E-state index contributed by atoms with van der Waals surface area (Å²) >= 11 is 0. The summed E-state index contributed by atoms with van der Waals surface area (Å²) in [5.74, 6) is -5.10. The number of benzene rings is 1. The van der Waals surface area contributed by atoms with Crippen molar-refractivity contribution in [1.29, 1.82) is 0 Å². The second kappa shape index (κ2) is 4.82. The fourth-order valence-corrected chi connectivity index (χ4v) is 1.21. The minimum Gasteiger partial charge on any atom is -0.322 e. The maximum atomic E-state index is 13.2. The van der Waals surface area contributed by atoms with Crippen molar-refractivity contribution >= 4 is 11.6 Å². The van der Waals surface area contributed by atoms with Gasteiger partial charge in [-0.15, -0.1) is 5.10 Å². The molecule has 0 saturated carbocycles. The average molecular weight is 257 g/mol. The Morgan fingerprint density at radius 1 is 1.28 bits per heavy atom.